The number of rotatable bonds is 3. The van der Waals surface area contributed by atoms with Crippen LogP contribution in [-0.2, 0) is 10.0 Å². The number of carbonyl (C=O) groups excluding carboxylic acids is 1. The molecule has 3 N–H and O–H groups in total. The van der Waals surface area contributed by atoms with Crippen LogP contribution in [0.3, 0.4) is 0 Å². The lowest BCUT2D eigenvalue weighted by Gasteiger charge is -2.13. The standard InChI is InChI=1S/C12H14F2N2O3S/c13-10-6-8(20(15,18)19)5-9(11(10)14)12(17)16-7-3-1-2-4-7/h5-7H,1-4H2,(H,16,17)(H2,15,18,19). The first-order valence-corrected chi connectivity index (χ1v) is 7.66. The topological polar surface area (TPSA) is 89.3 Å². The molecule has 1 amide bonds. The Kier molecular flexibility index (Phi) is 4.05. The summed E-state index contributed by atoms with van der Waals surface area (Å²) in [6.07, 6.45) is 3.45. The lowest BCUT2D eigenvalue weighted by Crippen LogP contribution is -2.33. The molecule has 0 heterocycles. The molecule has 1 aliphatic carbocycles. The first-order chi connectivity index (χ1) is 9.29. The van der Waals surface area contributed by atoms with E-state index in [2.05, 4.69) is 5.32 Å². The Labute approximate surface area is 115 Å². The summed E-state index contributed by atoms with van der Waals surface area (Å²) in [6, 6.07) is 1.11. The highest BCUT2D eigenvalue weighted by Crippen LogP contribution is 2.21. The van der Waals surface area contributed by atoms with Crippen molar-refractivity contribution in [3.8, 4) is 0 Å². The Morgan fingerprint density at radius 3 is 2.40 bits per heavy atom. The Morgan fingerprint density at radius 2 is 1.85 bits per heavy atom. The van der Waals surface area contributed by atoms with Crippen LogP contribution in [0.15, 0.2) is 17.0 Å². The minimum Gasteiger partial charge on any atom is -0.349 e. The molecule has 0 bridgehead atoms. The third-order valence-corrected chi connectivity index (χ3v) is 4.16. The quantitative estimate of drug-likeness (QED) is 0.881. The van der Waals surface area contributed by atoms with E-state index in [1.165, 1.54) is 0 Å². The second-order valence-electron chi connectivity index (χ2n) is 4.77. The van der Waals surface area contributed by atoms with E-state index < -0.39 is 38.0 Å². The summed E-state index contributed by atoms with van der Waals surface area (Å²) in [7, 11) is -4.21. The molecule has 2 rings (SSSR count). The zero-order chi connectivity index (χ0) is 14.9. The number of primary sulfonamides is 1. The second kappa shape index (κ2) is 5.45. The molecule has 1 fully saturated rings. The molecule has 0 aliphatic heterocycles. The summed E-state index contributed by atoms with van der Waals surface area (Å²) in [4.78, 5) is 11.3. The number of amides is 1. The zero-order valence-corrected chi connectivity index (χ0v) is 11.3. The summed E-state index contributed by atoms with van der Waals surface area (Å²) >= 11 is 0. The first kappa shape index (κ1) is 14.9. The summed E-state index contributed by atoms with van der Waals surface area (Å²) in [5.74, 6) is -3.64. The maximum Gasteiger partial charge on any atom is 0.254 e. The number of nitrogens with two attached hydrogens (primary N) is 1. The van der Waals surface area contributed by atoms with Crippen LogP contribution in [0.25, 0.3) is 0 Å². The molecular weight excluding hydrogens is 290 g/mol. The van der Waals surface area contributed by atoms with E-state index >= 15 is 0 Å². The maximum atomic E-state index is 13.6. The zero-order valence-electron chi connectivity index (χ0n) is 10.5. The van der Waals surface area contributed by atoms with Gasteiger partial charge in [0, 0.05) is 6.04 Å². The fourth-order valence-corrected chi connectivity index (χ4v) is 2.78. The smallest absolute Gasteiger partial charge is 0.254 e. The molecule has 0 aromatic heterocycles. The number of benzene rings is 1. The molecule has 5 nitrogen and oxygen atoms in total. The molecule has 20 heavy (non-hydrogen) atoms. The van der Waals surface area contributed by atoms with Gasteiger partial charge >= 0.3 is 0 Å². The van der Waals surface area contributed by atoms with E-state index in [1.54, 1.807) is 0 Å². The molecule has 0 spiro atoms. The summed E-state index contributed by atoms with van der Waals surface area (Å²) in [5.41, 5.74) is -0.652. The van der Waals surface area contributed by atoms with Gasteiger partial charge in [-0.1, -0.05) is 12.8 Å². The van der Waals surface area contributed by atoms with Crippen molar-refractivity contribution in [2.75, 3.05) is 0 Å². The van der Waals surface area contributed by atoms with Crippen LogP contribution in [0.1, 0.15) is 36.0 Å². The van der Waals surface area contributed by atoms with E-state index in [4.69, 9.17) is 5.14 Å². The molecular formula is C12H14F2N2O3S. The molecule has 0 saturated heterocycles. The van der Waals surface area contributed by atoms with Gasteiger partial charge in [0.15, 0.2) is 11.6 Å². The monoisotopic (exact) mass is 304 g/mol. The van der Waals surface area contributed by atoms with Crippen molar-refractivity contribution in [1.82, 2.24) is 5.32 Å². The molecule has 1 aromatic carbocycles. The summed E-state index contributed by atoms with van der Waals surface area (Å²) in [6.45, 7) is 0. The van der Waals surface area contributed by atoms with Crippen LogP contribution < -0.4 is 10.5 Å². The first-order valence-electron chi connectivity index (χ1n) is 6.12. The van der Waals surface area contributed by atoms with Crippen molar-refractivity contribution < 1.29 is 22.0 Å². The number of sulfonamides is 1. The highest BCUT2D eigenvalue weighted by molar-refractivity contribution is 7.89. The maximum absolute atomic E-state index is 13.6. The predicted octanol–water partition coefficient (Wildman–Crippen LogP) is 1.28. The number of halogens is 2. The Morgan fingerprint density at radius 1 is 1.25 bits per heavy atom. The third-order valence-electron chi connectivity index (χ3n) is 3.27. The highest BCUT2D eigenvalue weighted by atomic mass is 32.2. The Hall–Kier alpha value is -1.54. The van der Waals surface area contributed by atoms with Gasteiger partial charge in [0.05, 0.1) is 10.5 Å². The van der Waals surface area contributed by atoms with Gasteiger partial charge in [-0.05, 0) is 25.0 Å². The van der Waals surface area contributed by atoms with Crippen LogP contribution in [0.5, 0.6) is 0 Å². The molecule has 0 radical (unpaired) electrons. The van der Waals surface area contributed by atoms with E-state index in [-0.39, 0.29) is 6.04 Å². The van der Waals surface area contributed by atoms with Gasteiger partial charge in [-0.3, -0.25) is 4.79 Å². The average Bonchev–Trinajstić information content (AvgIpc) is 2.83. The third kappa shape index (κ3) is 3.13. The number of hydrogen-bond donors (Lipinski definition) is 2. The van der Waals surface area contributed by atoms with Crippen LogP contribution in [-0.4, -0.2) is 20.4 Å². The fraction of sp³-hybridized carbons (Fsp3) is 0.417. The van der Waals surface area contributed by atoms with E-state index in [0.29, 0.717) is 6.07 Å². The molecule has 110 valence electrons. The minimum absolute atomic E-state index is 0.0944. The molecule has 1 saturated carbocycles. The van der Waals surface area contributed by atoms with E-state index in [9.17, 15) is 22.0 Å². The van der Waals surface area contributed by atoms with Crippen molar-refractivity contribution in [2.24, 2.45) is 5.14 Å². The highest BCUT2D eigenvalue weighted by Gasteiger charge is 2.24. The fourth-order valence-electron chi connectivity index (χ4n) is 2.23. The van der Waals surface area contributed by atoms with Crippen LogP contribution in [0.2, 0.25) is 0 Å². The lowest BCUT2D eigenvalue weighted by molar-refractivity contribution is 0.0932. The molecule has 0 unspecified atom stereocenters. The van der Waals surface area contributed by atoms with Gasteiger partial charge < -0.3 is 5.32 Å². The minimum atomic E-state index is -4.21. The lowest BCUT2D eigenvalue weighted by atomic mass is 10.1. The van der Waals surface area contributed by atoms with Crippen molar-refractivity contribution >= 4 is 15.9 Å². The molecule has 1 aliphatic rings. The van der Waals surface area contributed by atoms with Gasteiger partial charge in [-0.15, -0.1) is 0 Å². The van der Waals surface area contributed by atoms with E-state index in [1.807, 2.05) is 0 Å². The van der Waals surface area contributed by atoms with Crippen molar-refractivity contribution in [3.05, 3.63) is 29.3 Å². The number of hydrogen-bond acceptors (Lipinski definition) is 3. The van der Waals surface area contributed by atoms with Gasteiger partial charge in [0.1, 0.15) is 0 Å². The van der Waals surface area contributed by atoms with Gasteiger partial charge in [-0.25, -0.2) is 22.3 Å². The molecule has 0 atom stereocenters. The Bertz CT molecular complexity index is 640. The summed E-state index contributed by atoms with van der Waals surface area (Å²) < 4.78 is 49.3. The second-order valence-corrected chi connectivity index (χ2v) is 6.33. The molecule has 8 heteroatoms. The SMILES string of the molecule is NS(=O)(=O)c1cc(F)c(F)c(C(=O)NC2CCCC2)c1. The average molecular weight is 304 g/mol. The largest absolute Gasteiger partial charge is 0.349 e. The van der Waals surface area contributed by atoms with Gasteiger partial charge in [0.25, 0.3) is 5.91 Å². The molecule has 1 aromatic rings. The van der Waals surface area contributed by atoms with Crippen molar-refractivity contribution in [1.29, 1.82) is 0 Å². The normalized spacial score (nSPS) is 16.4. The van der Waals surface area contributed by atoms with Gasteiger partial charge in [-0.2, -0.15) is 0 Å². The number of nitrogens with one attached hydrogen (secondary N) is 1. The van der Waals surface area contributed by atoms with E-state index in [0.717, 1.165) is 31.7 Å². The van der Waals surface area contributed by atoms with Gasteiger partial charge in [0.2, 0.25) is 10.0 Å². The predicted molar refractivity (Wildman–Crippen MR) is 67.5 cm³/mol. The van der Waals surface area contributed by atoms with Crippen LogP contribution in [0, 0.1) is 11.6 Å². The summed E-state index contributed by atoms with van der Waals surface area (Å²) in [5, 5.41) is 7.42. The van der Waals surface area contributed by atoms with Crippen molar-refractivity contribution in [2.45, 2.75) is 36.6 Å². The van der Waals surface area contributed by atoms with Crippen molar-refractivity contribution in [3.63, 3.8) is 0 Å². The van der Waals surface area contributed by atoms with Crippen LogP contribution >= 0.6 is 0 Å². The number of carbonyl (C=O) groups is 1. The van der Waals surface area contributed by atoms with Crippen LogP contribution in [0.4, 0.5) is 8.78 Å². The Balaban J connectivity index is 2.34.